The standard InChI is InChI=1S/C14H22N2O2S/c1-10-16-8-12(19-10)13(15-2)11-3-5-18-14(7-11)4-6-17-9-14/h8,11,13,15H,3-7,9H2,1-2H3. The average Bonchev–Trinajstić information content (AvgIpc) is 3.01. The van der Waals surface area contributed by atoms with Crippen LogP contribution in [0.25, 0.3) is 0 Å². The molecule has 0 saturated carbocycles. The maximum atomic E-state index is 6.03. The summed E-state index contributed by atoms with van der Waals surface area (Å²) in [6.45, 7) is 4.53. The van der Waals surface area contributed by atoms with Gasteiger partial charge in [0.25, 0.3) is 0 Å². The second kappa shape index (κ2) is 5.48. The summed E-state index contributed by atoms with van der Waals surface area (Å²) in [6, 6.07) is 0.396. The summed E-state index contributed by atoms with van der Waals surface area (Å²) in [4.78, 5) is 5.74. The lowest BCUT2D eigenvalue weighted by Gasteiger charge is -2.40. The van der Waals surface area contributed by atoms with Crippen molar-refractivity contribution in [2.75, 3.05) is 26.9 Å². The number of aromatic nitrogens is 1. The highest BCUT2D eigenvalue weighted by atomic mass is 32.1. The van der Waals surface area contributed by atoms with Crippen molar-refractivity contribution in [3.63, 3.8) is 0 Å². The van der Waals surface area contributed by atoms with E-state index in [0.717, 1.165) is 44.1 Å². The van der Waals surface area contributed by atoms with Crippen molar-refractivity contribution in [2.45, 2.75) is 37.8 Å². The number of thiazole rings is 1. The van der Waals surface area contributed by atoms with E-state index < -0.39 is 0 Å². The fraction of sp³-hybridized carbons (Fsp3) is 0.786. The molecule has 1 N–H and O–H groups in total. The molecule has 3 heterocycles. The van der Waals surface area contributed by atoms with Crippen LogP contribution in [0.2, 0.25) is 0 Å². The first-order valence-corrected chi connectivity index (χ1v) is 7.85. The van der Waals surface area contributed by atoms with E-state index >= 15 is 0 Å². The molecule has 2 aliphatic heterocycles. The van der Waals surface area contributed by atoms with Crippen LogP contribution in [0.4, 0.5) is 0 Å². The summed E-state index contributed by atoms with van der Waals surface area (Å²) in [5, 5.41) is 4.62. The Morgan fingerprint density at radius 1 is 1.53 bits per heavy atom. The van der Waals surface area contributed by atoms with Crippen LogP contribution in [0, 0.1) is 12.8 Å². The Balaban J connectivity index is 1.76. The summed E-state index contributed by atoms with van der Waals surface area (Å²) in [5.41, 5.74) is -0.0161. The molecular formula is C14H22N2O2S. The Labute approximate surface area is 118 Å². The second-order valence-corrected chi connectivity index (χ2v) is 6.90. The van der Waals surface area contributed by atoms with Crippen molar-refractivity contribution in [3.05, 3.63) is 16.1 Å². The van der Waals surface area contributed by atoms with Crippen LogP contribution in [0.3, 0.4) is 0 Å². The number of hydrogen-bond acceptors (Lipinski definition) is 5. The largest absolute Gasteiger partial charge is 0.378 e. The smallest absolute Gasteiger partial charge is 0.0940 e. The van der Waals surface area contributed by atoms with Gasteiger partial charge in [0.15, 0.2) is 0 Å². The summed E-state index contributed by atoms with van der Waals surface area (Å²) in [7, 11) is 2.05. The molecule has 4 nitrogen and oxygen atoms in total. The minimum absolute atomic E-state index is 0.0161. The fourth-order valence-corrected chi connectivity index (χ4v) is 4.33. The van der Waals surface area contributed by atoms with Crippen molar-refractivity contribution >= 4 is 11.3 Å². The van der Waals surface area contributed by atoms with Crippen LogP contribution < -0.4 is 5.32 Å². The lowest BCUT2D eigenvalue weighted by Crippen LogP contribution is -2.43. The van der Waals surface area contributed by atoms with E-state index in [1.165, 1.54) is 4.88 Å². The third-order valence-corrected chi connectivity index (χ3v) is 5.32. The summed E-state index contributed by atoms with van der Waals surface area (Å²) in [6.07, 6.45) is 5.27. The minimum Gasteiger partial charge on any atom is -0.378 e. The maximum Gasteiger partial charge on any atom is 0.0940 e. The zero-order chi connectivity index (χ0) is 13.3. The van der Waals surface area contributed by atoms with Gasteiger partial charge in [0.1, 0.15) is 0 Å². The summed E-state index contributed by atoms with van der Waals surface area (Å²) >= 11 is 1.80. The number of hydrogen-bond donors (Lipinski definition) is 1. The Morgan fingerprint density at radius 3 is 3.05 bits per heavy atom. The van der Waals surface area contributed by atoms with E-state index in [2.05, 4.69) is 17.2 Å². The molecule has 0 aliphatic carbocycles. The first-order valence-electron chi connectivity index (χ1n) is 7.04. The molecule has 0 amide bonds. The second-order valence-electron chi connectivity index (χ2n) is 5.63. The molecule has 1 aromatic rings. The quantitative estimate of drug-likeness (QED) is 0.924. The first-order chi connectivity index (χ1) is 9.22. The molecule has 0 bridgehead atoms. The molecule has 1 aromatic heterocycles. The van der Waals surface area contributed by atoms with Crippen molar-refractivity contribution < 1.29 is 9.47 Å². The van der Waals surface area contributed by atoms with Gasteiger partial charge in [0.2, 0.25) is 0 Å². The highest BCUT2D eigenvalue weighted by molar-refractivity contribution is 7.11. The van der Waals surface area contributed by atoms with Crippen LogP contribution >= 0.6 is 11.3 Å². The van der Waals surface area contributed by atoms with Gasteiger partial charge >= 0.3 is 0 Å². The predicted molar refractivity (Wildman–Crippen MR) is 75.5 cm³/mol. The zero-order valence-electron chi connectivity index (χ0n) is 11.6. The molecule has 5 heteroatoms. The molecule has 2 fully saturated rings. The van der Waals surface area contributed by atoms with Gasteiger partial charge in [-0.25, -0.2) is 4.98 Å². The Morgan fingerprint density at radius 2 is 2.42 bits per heavy atom. The summed E-state index contributed by atoms with van der Waals surface area (Å²) in [5.74, 6) is 0.611. The van der Waals surface area contributed by atoms with Gasteiger partial charge in [0.05, 0.1) is 17.2 Å². The number of nitrogens with zero attached hydrogens (tertiary/aromatic N) is 1. The van der Waals surface area contributed by atoms with E-state index in [0.29, 0.717) is 12.0 Å². The molecule has 3 rings (SSSR count). The van der Waals surface area contributed by atoms with Gasteiger partial charge in [-0.15, -0.1) is 11.3 Å². The highest BCUT2D eigenvalue weighted by Crippen LogP contribution is 2.41. The maximum absolute atomic E-state index is 6.03. The normalized spacial score (nSPS) is 32.8. The van der Waals surface area contributed by atoms with Crippen LogP contribution in [-0.4, -0.2) is 37.5 Å². The lowest BCUT2D eigenvalue weighted by atomic mass is 9.81. The third kappa shape index (κ3) is 2.70. The van der Waals surface area contributed by atoms with Gasteiger partial charge < -0.3 is 14.8 Å². The fourth-order valence-electron chi connectivity index (χ4n) is 3.35. The van der Waals surface area contributed by atoms with Crippen molar-refractivity contribution in [1.29, 1.82) is 0 Å². The monoisotopic (exact) mass is 282 g/mol. The topological polar surface area (TPSA) is 43.4 Å². The Hall–Kier alpha value is -0.490. The Kier molecular flexibility index (Phi) is 3.89. The van der Waals surface area contributed by atoms with Gasteiger partial charge in [-0.1, -0.05) is 0 Å². The van der Waals surface area contributed by atoms with Gasteiger partial charge in [-0.3, -0.25) is 0 Å². The third-order valence-electron chi connectivity index (χ3n) is 4.33. The van der Waals surface area contributed by atoms with Crippen LogP contribution in [0.1, 0.15) is 35.2 Å². The molecule has 0 radical (unpaired) electrons. The van der Waals surface area contributed by atoms with E-state index in [9.17, 15) is 0 Å². The number of nitrogens with one attached hydrogen (secondary N) is 1. The van der Waals surface area contributed by atoms with Gasteiger partial charge in [-0.2, -0.15) is 0 Å². The minimum atomic E-state index is -0.0161. The molecule has 19 heavy (non-hydrogen) atoms. The van der Waals surface area contributed by atoms with Crippen molar-refractivity contribution in [2.24, 2.45) is 5.92 Å². The molecule has 0 aromatic carbocycles. The van der Waals surface area contributed by atoms with Gasteiger partial charge in [0, 0.05) is 36.8 Å². The van der Waals surface area contributed by atoms with Crippen molar-refractivity contribution in [1.82, 2.24) is 10.3 Å². The SMILES string of the molecule is CNC(c1cnc(C)s1)C1CCOC2(CCOC2)C1. The lowest BCUT2D eigenvalue weighted by molar-refractivity contribution is -0.103. The number of aryl methyl sites for hydroxylation is 1. The summed E-state index contributed by atoms with van der Waals surface area (Å²) < 4.78 is 11.6. The number of ether oxygens (including phenoxy) is 2. The van der Waals surface area contributed by atoms with Crippen LogP contribution in [-0.2, 0) is 9.47 Å². The molecule has 1 spiro atoms. The van der Waals surface area contributed by atoms with E-state index in [1.807, 2.05) is 13.2 Å². The number of rotatable bonds is 3. The van der Waals surface area contributed by atoms with E-state index in [1.54, 1.807) is 11.3 Å². The van der Waals surface area contributed by atoms with Crippen LogP contribution in [0.15, 0.2) is 6.20 Å². The highest BCUT2D eigenvalue weighted by Gasteiger charge is 2.43. The molecule has 3 unspecified atom stereocenters. The zero-order valence-corrected chi connectivity index (χ0v) is 12.5. The van der Waals surface area contributed by atoms with E-state index in [4.69, 9.17) is 9.47 Å². The van der Waals surface area contributed by atoms with E-state index in [-0.39, 0.29) is 5.60 Å². The predicted octanol–water partition coefficient (Wildman–Crippen LogP) is 2.30. The average molecular weight is 282 g/mol. The molecule has 3 atom stereocenters. The molecule has 2 aliphatic rings. The van der Waals surface area contributed by atoms with Crippen LogP contribution in [0.5, 0.6) is 0 Å². The molecular weight excluding hydrogens is 260 g/mol. The first kappa shape index (κ1) is 13.5. The molecule has 106 valence electrons. The van der Waals surface area contributed by atoms with Gasteiger partial charge in [-0.05, 0) is 32.7 Å². The van der Waals surface area contributed by atoms with Crippen molar-refractivity contribution in [3.8, 4) is 0 Å². The molecule has 2 saturated heterocycles. The Bertz CT molecular complexity index is 429.